The van der Waals surface area contributed by atoms with E-state index in [9.17, 15) is 18.7 Å². The molecule has 0 aromatic carbocycles. The van der Waals surface area contributed by atoms with E-state index >= 15 is 0 Å². The van der Waals surface area contributed by atoms with E-state index in [-0.39, 0.29) is 12.8 Å². The second-order valence-corrected chi connectivity index (χ2v) is 6.54. The maximum atomic E-state index is 13.8. The lowest BCUT2D eigenvalue weighted by Gasteiger charge is -2.41. The van der Waals surface area contributed by atoms with Crippen molar-refractivity contribution in [2.24, 2.45) is 0 Å². The van der Waals surface area contributed by atoms with Crippen LogP contribution in [0.1, 0.15) is 37.1 Å². The Bertz CT molecular complexity index is 488. The summed E-state index contributed by atoms with van der Waals surface area (Å²) in [5.74, 6) is -5.20. The monoisotopic (exact) mass is 309 g/mol. The van der Waals surface area contributed by atoms with Gasteiger partial charge in [0.25, 0.3) is 5.91 Å². The third-order valence-corrected chi connectivity index (χ3v) is 4.83. The predicted octanol–water partition coefficient (Wildman–Crippen LogP) is 3.13. The molecular weight excluding hydrogens is 296 g/mol. The number of hydrogen-bond donors (Lipinski definition) is 2. The Morgan fingerprint density at radius 1 is 1.58 bits per heavy atom. The van der Waals surface area contributed by atoms with Gasteiger partial charge in [-0.25, -0.2) is 0 Å². The normalized spacial score (nSPS) is 19.6. The molecule has 1 saturated carbocycles. The second kappa shape index (κ2) is 5.00. The van der Waals surface area contributed by atoms with Gasteiger partial charge in [0, 0.05) is 4.88 Å². The second-order valence-electron chi connectivity index (χ2n) is 4.80. The van der Waals surface area contributed by atoms with Crippen LogP contribution in [0.15, 0.2) is 12.1 Å². The zero-order valence-corrected chi connectivity index (χ0v) is 11.8. The van der Waals surface area contributed by atoms with Gasteiger partial charge in [0.1, 0.15) is 5.60 Å². The molecule has 0 radical (unpaired) electrons. The molecule has 1 heterocycles. The van der Waals surface area contributed by atoms with E-state index in [4.69, 9.17) is 11.6 Å². The maximum Gasteiger partial charge on any atom is 0.352 e. The summed E-state index contributed by atoms with van der Waals surface area (Å²) >= 11 is 6.97. The van der Waals surface area contributed by atoms with Crippen molar-refractivity contribution in [2.75, 3.05) is 0 Å². The molecule has 1 aromatic rings. The first-order valence-corrected chi connectivity index (χ1v) is 7.12. The number of alkyl halides is 2. The molecule has 1 atom stereocenters. The van der Waals surface area contributed by atoms with Crippen LogP contribution in [0.4, 0.5) is 8.78 Å². The van der Waals surface area contributed by atoms with Crippen molar-refractivity contribution < 1.29 is 18.7 Å². The SMILES string of the molecule is CC(NC(=O)C(F)(F)C1(O)CCC1)c1ccc(Cl)s1. The molecule has 0 spiro atoms. The highest BCUT2D eigenvalue weighted by molar-refractivity contribution is 7.16. The standard InChI is InChI=1S/C12H14ClF2NO2S/c1-7(8-3-4-9(13)19-8)16-10(17)12(14,15)11(18)5-2-6-11/h3-4,7,18H,2,5-6H2,1H3,(H,16,17). The van der Waals surface area contributed by atoms with Crippen molar-refractivity contribution in [3.05, 3.63) is 21.3 Å². The molecule has 19 heavy (non-hydrogen) atoms. The molecule has 1 aliphatic rings. The molecule has 2 N–H and O–H groups in total. The minimum atomic E-state index is -3.76. The summed E-state index contributed by atoms with van der Waals surface area (Å²) in [6.45, 7) is 1.60. The Labute approximate surface area is 118 Å². The minimum Gasteiger partial charge on any atom is -0.383 e. The quantitative estimate of drug-likeness (QED) is 0.897. The van der Waals surface area contributed by atoms with E-state index in [0.29, 0.717) is 15.6 Å². The summed E-state index contributed by atoms with van der Waals surface area (Å²) in [5.41, 5.74) is -2.19. The van der Waals surface area contributed by atoms with Gasteiger partial charge >= 0.3 is 5.92 Å². The van der Waals surface area contributed by atoms with Gasteiger partial charge in [-0.1, -0.05) is 11.6 Å². The number of rotatable bonds is 4. The Morgan fingerprint density at radius 3 is 2.63 bits per heavy atom. The molecule has 7 heteroatoms. The van der Waals surface area contributed by atoms with Gasteiger partial charge in [-0.15, -0.1) is 11.3 Å². The first kappa shape index (κ1) is 14.7. The van der Waals surface area contributed by atoms with Crippen LogP contribution >= 0.6 is 22.9 Å². The van der Waals surface area contributed by atoms with Gasteiger partial charge in [0.15, 0.2) is 0 Å². The number of nitrogens with one attached hydrogen (secondary N) is 1. The Hall–Kier alpha value is -0.720. The van der Waals surface area contributed by atoms with Gasteiger partial charge in [-0.05, 0) is 38.3 Å². The molecule has 0 aliphatic heterocycles. The van der Waals surface area contributed by atoms with Crippen LogP contribution in [0.3, 0.4) is 0 Å². The Balaban J connectivity index is 2.04. The maximum absolute atomic E-state index is 13.8. The van der Waals surface area contributed by atoms with E-state index < -0.39 is 23.5 Å². The number of halogens is 3. The Kier molecular flexibility index (Phi) is 3.86. The molecule has 1 aliphatic carbocycles. The van der Waals surface area contributed by atoms with Crippen LogP contribution in [-0.4, -0.2) is 22.5 Å². The van der Waals surface area contributed by atoms with Gasteiger partial charge in [0.05, 0.1) is 10.4 Å². The van der Waals surface area contributed by atoms with Crippen LogP contribution in [0.5, 0.6) is 0 Å². The summed E-state index contributed by atoms with van der Waals surface area (Å²) in [4.78, 5) is 12.3. The van der Waals surface area contributed by atoms with E-state index in [0.717, 1.165) is 0 Å². The smallest absolute Gasteiger partial charge is 0.352 e. The lowest BCUT2D eigenvalue weighted by molar-refractivity contribution is -0.216. The molecule has 3 nitrogen and oxygen atoms in total. The van der Waals surface area contributed by atoms with E-state index in [1.54, 1.807) is 19.1 Å². The number of carbonyl (C=O) groups excluding carboxylic acids is 1. The summed E-state index contributed by atoms with van der Waals surface area (Å²) in [7, 11) is 0. The summed E-state index contributed by atoms with van der Waals surface area (Å²) < 4.78 is 28.2. The van der Waals surface area contributed by atoms with E-state index in [2.05, 4.69) is 5.32 Å². The largest absolute Gasteiger partial charge is 0.383 e. The van der Waals surface area contributed by atoms with Gasteiger partial charge in [-0.2, -0.15) is 8.78 Å². The van der Waals surface area contributed by atoms with Crippen LogP contribution < -0.4 is 5.32 Å². The highest BCUT2D eigenvalue weighted by Crippen LogP contribution is 2.44. The highest BCUT2D eigenvalue weighted by Gasteiger charge is 2.61. The fourth-order valence-electron chi connectivity index (χ4n) is 1.96. The van der Waals surface area contributed by atoms with Crippen molar-refractivity contribution in [1.82, 2.24) is 5.32 Å². The fraction of sp³-hybridized carbons (Fsp3) is 0.583. The zero-order valence-electron chi connectivity index (χ0n) is 10.3. The van der Waals surface area contributed by atoms with Gasteiger partial charge in [0.2, 0.25) is 0 Å². The van der Waals surface area contributed by atoms with Gasteiger partial charge < -0.3 is 10.4 Å². The van der Waals surface area contributed by atoms with Crippen LogP contribution in [-0.2, 0) is 4.79 Å². The zero-order chi connectivity index (χ0) is 14.3. The first-order valence-electron chi connectivity index (χ1n) is 5.93. The predicted molar refractivity (Wildman–Crippen MR) is 69.6 cm³/mol. The summed E-state index contributed by atoms with van der Waals surface area (Å²) in [5, 5.41) is 11.9. The third kappa shape index (κ3) is 2.61. The number of amides is 1. The van der Waals surface area contributed by atoms with Crippen molar-refractivity contribution in [1.29, 1.82) is 0 Å². The minimum absolute atomic E-state index is 0.0490. The number of aliphatic hydroxyl groups is 1. The van der Waals surface area contributed by atoms with Crippen LogP contribution in [0, 0.1) is 0 Å². The molecule has 0 saturated heterocycles. The van der Waals surface area contributed by atoms with Crippen molar-refractivity contribution in [3.63, 3.8) is 0 Å². The molecule has 106 valence electrons. The molecule has 1 unspecified atom stereocenters. The summed E-state index contributed by atoms with van der Waals surface area (Å²) in [6.07, 6.45) is 0.411. The van der Waals surface area contributed by atoms with Crippen molar-refractivity contribution >= 4 is 28.8 Å². The van der Waals surface area contributed by atoms with Gasteiger partial charge in [-0.3, -0.25) is 4.79 Å². The molecule has 1 fully saturated rings. The molecule has 2 rings (SSSR count). The third-order valence-electron chi connectivity index (χ3n) is 3.42. The fourth-order valence-corrected chi connectivity index (χ4v) is 3.02. The lowest BCUT2D eigenvalue weighted by atomic mass is 9.75. The van der Waals surface area contributed by atoms with E-state index in [1.165, 1.54) is 11.3 Å². The average Bonchev–Trinajstić information content (AvgIpc) is 2.72. The van der Waals surface area contributed by atoms with Crippen molar-refractivity contribution in [2.45, 2.75) is 43.8 Å². The van der Waals surface area contributed by atoms with Crippen LogP contribution in [0.2, 0.25) is 4.34 Å². The topological polar surface area (TPSA) is 49.3 Å². The Morgan fingerprint density at radius 2 is 2.21 bits per heavy atom. The summed E-state index contributed by atoms with van der Waals surface area (Å²) in [6, 6.07) is 2.75. The number of carbonyl (C=O) groups is 1. The molecular formula is C12H14ClF2NO2S. The van der Waals surface area contributed by atoms with Crippen LogP contribution in [0.25, 0.3) is 0 Å². The van der Waals surface area contributed by atoms with Crippen molar-refractivity contribution in [3.8, 4) is 0 Å². The lowest BCUT2D eigenvalue weighted by Crippen LogP contribution is -2.60. The first-order chi connectivity index (χ1) is 8.76. The molecule has 1 aromatic heterocycles. The molecule has 0 bridgehead atoms. The molecule has 1 amide bonds. The van der Waals surface area contributed by atoms with E-state index in [1.807, 2.05) is 0 Å². The number of thiophene rings is 1. The average molecular weight is 310 g/mol. The highest BCUT2D eigenvalue weighted by atomic mass is 35.5. The number of hydrogen-bond acceptors (Lipinski definition) is 3.